The summed E-state index contributed by atoms with van der Waals surface area (Å²) in [4.78, 5) is 17.2. The zero-order valence-corrected chi connectivity index (χ0v) is 18.8. The van der Waals surface area contributed by atoms with Crippen LogP contribution in [0.15, 0.2) is 30.3 Å². The summed E-state index contributed by atoms with van der Waals surface area (Å²) < 4.78 is 15.9. The van der Waals surface area contributed by atoms with Crippen LogP contribution in [0.2, 0.25) is 0 Å². The molecule has 0 saturated carbocycles. The van der Waals surface area contributed by atoms with Crippen molar-refractivity contribution in [3.05, 3.63) is 52.6 Å². The van der Waals surface area contributed by atoms with Gasteiger partial charge in [0.2, 0.25) is 5.75 Å². The number of anilines is 1. The van der Waals surface area contributed by atoms with Crippen LogP contribution in [0.4, 0.5) is 5.82 Å². The zero-order chi connectivity index (χ0) is 23.3. The number of amides is 1. The van der Waals surface area contributed by atoms with Crippen LogP contribution >= 0.6 is 0 Å². The number of rotatable bonds is 8. The number of nitrogens with one attached hydrogen (secondary N) is 2. The molecular weight excluding hydrogens is 408 g/mol. The van der Waals surface area contributed by atoms with Crippen molar-refractivity contribution in [2.75, 3.05) is 39.7 Å². The topological polar surface area (TPSA) is 106 Å². The largest absolute Gasteiger partial charge is 0.493 e. The van der Waals surface area contributed by atoms with Gasteiger partial charge in [0.25, 0.3) is 5.91 Å². The Morgan fingerprint density at radius 3 is 2.22 bits per heavy atom. The summed E-state index contributed by atoms with van der Waals surface area (Å²) in [5, 5.41) is 16.4. The Hall–Kier alpha value is -3.99. The third kappa shape index (κ3) is 4.67. The summed E-state index contributed by atoms with van der Waals surface area (Å²) in [6.07, 6.45) is 0. The molecule has 0 spiro atoms. The molecule has 1 heterocycles. The number of hydrogen-bond donors (Lipinski definition) is 2. The summed E-state index contributed by atoms with van der Waals surface area (Å²) in [7, 11) is 4.49. The van der Waals surface area contributed by atoms with Crippen molar-refractivity contribution in [3.8, 4) is 23.3 Å². The quantitative estimate of drug-likeness (QED) is 0.522. The lowest BCUT2D eigenvalue weighted by atomic mass is 10.0. The van der Waals surface area contributed by atoms with E-state index in [9.17, 15) is 10.1 Å². The Balaban J connectivity index is 1.69. The van der Waals surface area contributed by atoms with Crippen LogP contribution in [0, 0.1) is 25.2 Å². The van der Waals surface area contributed by atoms with Gasteiger partial charge in [-0.2, -0.15) is 5.26 Å². The minimum atomic E-state index is -0.288. The third-order valence-electron chi connectivity index (χ3n) is 5.18. The lowest BCUT2D eigenvalue weighted by molar-refractivity contribution is 0.0954. The summed E-state index contributed by atoms with van der Waals surface area (Å²) in [5.74, 6) is 1.43. The molecule has 0 fully saturated rings. The second kappa shape index (κ2) is 9.88. The lowest BCUT2D eigenvalue weighted by Crippen LogP contribution is -2.29. The van der Waals surface area contributed by atoms with Crippen molar-refractivity contribution < 1.29 is 19.0 Å². The molecule has 8 nitrogen and oxygen atoms in total. The predicted octanol–water partition coefficient (Wildman–Crippen LogP) is 3.59. The zero-order valence-electron chi connectivity index (χ0n) is 18.8. The number of carbonyl (C=O) groups is 1. The van der Waals surface area contributed by atoms with E-state index in [1.165, 1.54) is 21.3 Å². The van der Waals surface area contributed by atoms with E-state index in [0.29, 0.717) is 47.3 Å². The number of carbonyl (C=O) groups excluding carboxylic acids is 1. The second-order valence-corrected chi connectivity index (χ2v) is 7.22. The number of methoxy groups -OCH3 is 3. The smallest absolute Gasteiger partial charge is 0.251 e. The van der Waals surface area contributed by atoms with Crippen LogP contribution in [0.3, 0.4) is 0 Å². The molecule has 0 unspecified atom stereocenters. The Morgan fingerprint density at radius 1 is 0.969 bits per heavy atom. The number of nitriles is 1. The summed E-state index contributed by atoms with van der Waals surface area (Å²) in [6.45, 7) is 4.78. The highest BCUT2D eigenvalue weighted by atomic mass is 16.5. The van der Waals surface area contributed by atoms with E-state index in [1.54, 1.807) is 12.1 Å². The van der Waals surface area contributed by atoms with Gasteiger partial charge >= 0.3 is 0 Å². The average Bonchev–Trinajstić information content (AvgIpc) is 2.80. The Kier molecular flexibility index (Phi) is 7.00. The monoisotopic (exact) mass is 434 g/mol. The van der Waals surface area contributed by atoms with E-state index in [4.69, 9.17) is 14.2 Å². The third-order valence-corrected chi connectivity index (χ3v) is 5.18. The molecule has 1 amide bonds. The molecule has 0 aliphatic heterocycles. The average molecular weight is 434 g/mol. The van der Waals surface area contributed by atoms with E-state index in [0.717, 1.165) is 22.0 Å². The van der Waals surface area contributed by atoms with Gasteiger partial charge in [-0.25, -0.2) is 4.98 Å². The number of nitrogens with zero attached hydrogens (tertiary/aromatic N) is 2. The van der Waals surface area contributed by atoms with Crippen LogP contribution in [-0.4, -0.2) is 45.3 Å². The Labute approximate surface area is 187 Å². The summed E-state index contributed by atoms with van der Waals surface area (Å²) in [6, 6.07) is 11.2. The van der Waals surface area contributed by atoms with Gasteiger partial charge in [-0.3, -0.25) is 4.79 Å². The maximum Gasteiger partial charge on any atom is 0.251 e. The first kappa shape index (κ1) is 22.7. The summed E-state index contributed by atoms with van der Waals surface area (Å²) in [5.41, 5.74) is 3.94. The maximum absolute atomic E-state index is 12.6. The molecule has 3 rings (SSSR count). The van der Waals surface area contributed by atoms with E-state index < -0.39 is 0 Å². The fourth-order valence-electron chi connectivity index (χ4n) is 3.33. The van der Waals surface area contributed by atoms with Gasteiger partial charge in [-0.1, -0.05) is 0 Å². The van der Waals surface area contributed by atoms with Crippen LogP contribution in [0.25, 0.3) is 10.9 Å². The van der Waals surface area contributed by atoms with Gasteiger partial charge in [0.15, 0.2) is 11.5 Å². The van der Waals surface area contributed by atoms with Gasteiger partial charge in [-0.05, 0) is 55.3 Å². The second-order valence-electron chi connectivity index (χ2n) is 7.22. The van der Waals surface area contributed by atoms with Crippen LogP contribution < -0.4 is 24.8 Å². The molecule has 0 radical (unpaired) electrons. The van der Waals surface area contributed by atoms with Crippen molar-refractivity contribution in [1.82, 2.24) is 10.3 Å². The normalized spacial score (nSPS) is 10.4. The van der Waals surface area contributed by atoms with Gasteiger partial charge in [-0.15, -0.1) is 0 Å². The molecule has 32 heavy (non-hydrogen) atoms. The lowest BCUT2D eigenvalue weighted by Gasteiger charge is -2.14. The molecule has 2 N–H and O–H groups in total. The summed E-state index contributed by atoms with van der Waals surface area (Å²) >= 11 is 0. The van der Waals surface area contributed by atoms with Crippen LogP contribution in [0.1, 0.15) is 27.0 Å². The van der Waals surface area contributed by atoms with Crippen LogP contribution in [0.5, 0.6) is 17.2 Å². The highest BCUT2D eigenvalue weighted by Crippen LogP contribution is 2.38. The molecule has 0 bridgehead atoms. The number of aryl methyl sites for hydroxylation is 2. The molecule has 166 valence electrons. The number of ether oxygens (including phenoxy) is 3. The number of pyridine rings is 1. The van der Waals surface area contributed by atoms with Crippen molar-refractivity contribution >= 4 is 22.6 Å². The van der Waals surface area contributed by atoms with Gasteiger partial charge in [0.05, 0.1) is 32.4 Å². The van der Waals surface area contributed by atoms with E-state index in [2.05, 4.69) is 21.7 Å². The first-order chi connectivity index (χ1) is 15.4. The van der Waals surface area contributed by atoms with Gasteiger partial charge in [0.1, 0.15) is 11.9 Å². The van der Waals surface area contributed by atoms with Gasteiger partial charge in [0, 0.05) is 24.0 Å². The first-order valence-corrected chi connectivity index (χ1v) is 10.1. The first-order valence-electron chi connectivity index (χ1n) is 10.1. The minimum Gasteiger partial charge on any atom is -0.493 e. The van der Waals surface area contributed by atoms with Crippen molar-refractivity contribution in [1.29, 1.82) is 5.26 Å². The number of fused-ring (bicyclic) bond motifs is 1. The highest BCUT2D eigenvalue weighted by Gasteiger charge is 2.17. The molecule has 8 heteroatoms. The molecular formula is C24H26N4O4. The molecule has 3 aromatic rings. The van der Waals surface area contributed by atoms with Gasteiger partial charge < -0.3 is 24.8 Å². The Bertz CT molecular complexity index is 1180. The highest BCUT2D eigenvalue weighted by molar-refractivity contribution is 5.95. The molecule has 0 aliphatic carbocycles. The van der Waals surface area contributed by atoms with E-state index in [-0.39, 0.29) is 5.91 Å². The molecule has 0 aliphatic rings. The van der Waals surface area contributed by atoms with Crippen molar-refractivity contribution in [2.24, 2.45) is 0 Å². The van der Waals surface area contributed by atoms with Crippen molar-refractivity contribution in [3.63, 3.8) is 0 Å². The van der Waals surface area contributed by atoms with E-state index >= 15 is 0 Å². The van der Waals surface area contributed by atoms with Crippen molar-refractivity contribution in [2.45, 2.75) is 13.8 Å². The number of benzene rings is 2. The minimum absolute atomic E-state index is 0.288. The molecule has 2 aromatic carbocycles. The maximum atomic E-state index is 12.6. The standard InChI is InChI=1S/C24H26N4O4/c1-14-8-16-10-18(13-25)23(28-19(16)9-15(14)2)26-6-7-27-24(29)17-11-20(30-3)22(32-5)21(12-17)31-4/h8-12H,6-7H2,1-5H3,(H,26,28)(H,27,29). The van der Waals surface area contributed by atoms with E-state index in [1.807, 2.05) is 32.0 Å². The molecule has 0 atom stereocenters. The molecule has 0 saturated heterocycles. The van der Waals surface area contributed by atoms with Crippen LogP contribution in [-0.2, 0) is 0 Å². The fourth-order valence-corrected chi connectivity index (χ4v) is 3.33. The Morgan fingerprint density at radius 2 is 1.62 bits per heavy atom. The number of hydrogen-bond acceptors (Lipinski definition) is 7. The number of aromatic nitrogens is 1. The predicted molar refractivity (Wildman–Crippen MR) is 123 cm³/mol. The fraction of sp³-hybridized carbons (Fsp3) is 0.292. The molecule has 1 aromatic heterocycles. The SMILES string of the molecule is COc1cc(C(=O)NCCNc2nc3cc(C)c(C)cc3cc2C#N)cc(OC)c1OC.